The van der Waals surface area contributed by atoms with E-state index in [1.165, 1.54) is 0 Å². The second-order valence-electron chi connectivity index (χ2n) is 9.90. The van der Waals surface area contributed by atoms with Crippen LogP contribution in [0.2, 0.25) is 0 Å². The summed E-state index contributed by atoms with van der Waals surface area (Å²) in [6.45, 7) is 7.11. The number of aliphatic carboxylic acids is 1. The molecule has 1 saturated carbocycles. The van der Waals surface area contributed by atoms with E-state index in [1.54, 1.807) is 13.8 Å². The fraction of sp³-hybridized carbons (Fsp3) is 0.870. The van der Waals surface area contributed by atoms with Gasteiger partial charge in [-0.05, 0) is 46.5 Å². The number of hydrogen-bond acceptors (Lipinski definition) is 11. The van der Waals surface area contributed by atoms with Crippen LogP contribution >= 0.6 is 0 Å². The van der Waals surface area contributed by atoms with Gasteiger partial charge in [0, 0.05) is 0 Å². The Morgan fingerprint density at radius 3 is 2.17 bits per heavy atom. The molecule has 12 nitrogen and oxygen atoms in total. The minimum absolute atomic E-state index is 0.272. The van der Waals surface area contributed by atoms with E-state index in [9.17, 15) is 45.6 Å². The van der Waals surface area contributed by atoms with Gasteiger partial charge in [-0.15, -0.1) is 0 Å². The van der Waals surface area contributed by atoms with Crippen molar-refractivity contribution in [2.75, 3.05) is 0 Å². The van der Waals surface area contributed by atoms with E-state index in [1.807, 2.05) is 19.9 Å². The molecule has 8 N–H and O–H groups in total. The topological polar surface area (TPSA) is 207 Å². The Balaban J connectivity index is 2.26. The summed E-state index contributed by atoms with van der Waals surface area (Å²) in [4.78, 5) is 11.5. The molecule has 11 unspecified atom stereocenters. The lowest BCUT2D eigenvalue weighted by Gasteiger charge is -2.46. The Labute approximate surface area is 204 Å². The van der Waals surface area contributed by atoms with E-state index >= 15 is 0 Å². The molecule has 35 heavy (non-hydrogen) atoms. The Bertz CT molecular complexity index is 727. The molecule has 2 fully saturated rings. The van der Waals surface area contributed by atoms with E-state index in [0.717, 1.165) is 12.0 Å². The summed E-state index contributed by atoms with van der Waals surface area (Å²) in [5.41, 5.74) is -0.224. The number of rotatable bonds is 10. The smallest absolute Gasteiger partial charge is 0.309 e. The maximum atomic E-state index is 11.5. The van der Waals surface area contributed by atoms with Crippen LogP contribution in [-0.4, -0.2) is 114 Å². The lowest BCUT2D eigenvalue weighted by atomic mass is 9.80. The van der Waals surface area contributed by atoms with Crippen molar-refractivity contribution in [3.05, 3.63) is 11.6 Å². The van der Waals surface area contributed by atoms with Crippen molar-refractivity contribution in [3.8, 4) is 0 Å². The Kier molecular flexibility index (Phi) is 10.6. The summed E-state index contributed by atoms with van der Waals surface area (Å²) in [7, 11) is 0. The molecule has 204 valence electrons. The van der Waals surface area contributed by atoms with E-state index in [0.29, 0.717) is 12.8 Å². The van der Waals surface area contributed by atoms with Gasteiger partial charge in [-0.25, -0.2) is 0 Å². The number of ether oxygens (including phenoxy) is 3. The van der Waals surface area contributed by atoms with E-state index in [4.69, 9.17) is 14.2 Å². The molecule has 0 amide bonds. The fourth-order valence-electron chi connectivity index (χ4n) is 4.51. The molecule has 1 aliphatic carbocycles. The first-order valence-corrected chi connectivity index (χ1v) is 11.8. The average molecular weight is 509 g/mol. The van der Waals surface area contributed by atoms with Gasteiger partial charge in [0.05, 0.1) is 29.8 Å². The molecule has 1 saturated heterocycles. The molecule has 0 radical (unpaired) electrons. The summed E-state index contributed by atoms with van der Waals surface area (Å²) < 4.78 is 17.1. The number of allylic oxidation sites excluding steroid dienone is 2. The van der Waals surface area contributed by atoms with Gasteiger partial charge in [0.15, 0.2) is 12.6 Å². The predicted molar refractivity (Wildman–Crippen MR) is 120 cm³/mol. The van der Waals surface area contributed by atoms with Crippen molar-refractivity contribution >= 4 is 5.97 Å². The number of carboxylic acids is 1. The molecule has 1 aliphatic heterocycles. The number of carboxylic acid groups (broad SMARTS) is 1. The molecular formula is C23H40O12. The van der Waals surface area contributed by atoms with Crippen LogP contribution in [0.5, 0.6) is 0 Å². The van der Waals surface area contributed by atoms with Crippen LogP contribution in [0, 0.1) is 5.92 Å². The van der Waals surface area contributed by atoms with Gasteiger partial charge < -0.3 is 55.1 Å². The highest BCUT2D eigenvalue weighted by molar-refractivity contribution is 5.71. The third-order valence-electron chi connectivity index (χ3n) is 6.72. The predicted octanol–water partition coefficient (Wildman–Crippen LogP) is -1.38. The summed E-state index contributed by atoms with van der Waals surface area (Å²) in [6, 6.07) is 0. The van der Waals surface area contributed by atoms with Crippen LogP contribution in [0.4, 0.5) is 0 Å². The fourth-order valence-corrected chi connectivity index (χ4v) is 4.51. The normalized spacial score (nSPS) is 39.9. The maximum Gasteiger partial charge on any atom is 0.309 e. The van der Waals surface area contributed by atoms with Gasteiger partial charge in [-0.1, -0.05) is 18.6 Å². The van der Waals surface area contributed by atoms with Crippen molar-refractivity contribution in [3.63, 3.8) is 0 Å². The summed E-state index contributed by atoms with van der Waals surface area (Å²) in [6.07, 6.45) is -12.1. The van der Waals surface area contributed by atoms with Crippen LogP contribution < -0.4 is 0 Å². The number of carbonyl (C=O) groups is 1. The first-order chi connectivity index (χ1) is 16.2. The van der Waals surface area contributed by atoms with Gasteiger partial charge in [0.2, 0.25) is 0 Å². The zero-order chi connectivity index (χ0) is 26.7. The van der Waals surface area contributed by atoms with Crippen molar-refractivity contribution < 1.29 is 59.9 Å². The van der Waals surface area contributed by atoms with Crippen molar-refractivity contribution in [1.29, 1.82) is 0 Å². The molecule has 2 aliphatic rings. The van der Waals surface area contributed by atoms with Crippen LogP contribution in [0.3, 0.4) is 0 Å². The zero-order valence-corrected chi connectivity index (χ0v) is 20.5. The van der Waals surface area contributed by atoms with Gasteiger partial charge in [0.25, 0.3) is 0 Å². The van der Waals surface area contributed by atoms with Crippen LogP contribution in [0.15, 0.2) is 11.6 Å². The third-order valence-corrected chi connectivity index (χ3v) is 6.72. The van der Waals surface area contributed by atoms with Gasteiger partial charge in [0.1, 0.15) is 30.5 Å². The molecule has 1 heterocycles. The van der Waals surface area contributed by atoms with Crippen molar-refractivity contribution in [2.45, 2.75) is 120 Å². The van der Waals surface area contributed by atoms with E-state index in [2.05, 4.69) is 0 Å². The molecule has 11 atom stereocenters. The molecule has 0 aromatic heterocycles. The Morgan fingerprint density at radius 1 is 1.00 bits per heavy atom. The Hall–Kier alpha value is -1.19. The highest BCUT2D eigenvalue weighted by Gasteiger charge is 2.50. The molecule has 0 bridgehead atoms. The van der Waals surface area contributed by atoms with Crippen LogP contribution in [0.25, 0.3) is 0 Å². The highest BCUT2D eigenvalue weighted by Crippen LogP contribution is 2.35. The number of aliphatic hydroxyl groups is 7. The largest absolute Gasteiger partial charge is 0.481 e. The summed E-state index contributed by atoms with van der Waals surface area (Å²) in [5.74, 6) is -2.71. The molecule has 0 spiro atoms. The second kappa shape index (κ2) is 12.4. The van der Waals surface area contributed by atoms with Crippen LogP contribution in [-0.2, 0) is 19.0 Å². The van der Waals surface area contributed by atoms with Gasteiger partial charge >= 0.3 is 5.97 Å². The molecular weight excluding hydrogens is 468 g/mol. The molecule has 12 heteroatoms. The lowest BCUT2D eigenvalue weighted by molar-refractivity contribution is -0.359. The maximum absolute atomic E-state index is 11.5. The molecule has 0 aromatic carbocycles. The quantitative estimate of drug-likeness (QED) is 0.161. The van der Waals surface area contributed by atoms with E-state index < -0.39 is 78.9 Å². The Morgan fingerprint density at radius 2 is 1.60 bits per heavy atom. The standard InChI is InChI=1S/C23H40O12/c1-5-6-10(2)7-8-13(33-22-19(29)17(27)18(28)21(32)34-22)23(3,4)35-12-9-11(20(30)31)14(24)16(26)15(12)25/h6,11-19,21-22,24-29,32H,5,7-9H2,1-4H3,(H,30,31)/b10-6+. The van der Waals surface area contributed by atoms with Gasteiger partial charge in [-0.3, -0.25) is 4.79 Å². The summed E-state index contributed by atoms with van der Waals surface area (Å²) >= 11 is 0. The first kappa shape index (κ1) is 30.0. The minimum atomic E-state index is -1.81. The van der Waals surface area contributed by atoms with Crippen LogP contribution in [0.1, 0.15) is 53.4 Å². The van der Waals surface area contributed by atoms with E-state index in [-0.39, 0.29) is 6.42 Å². The SMILES string of the molecule is CC/C=C(\C)CCC(OC1OC(O)C(O)C(O)C1O)C(C)(C)OC1CC(C(=O)O)C(O)C(O)C1O. The minimum Gasteiger partial charge on any atom is -0.481 e. The monoisotopic (exact) mass is 508 g/mol. The van der Waals surface area contributed by atoms with Gasteiger partial charge in [-0.2, -0.15) is 0 Å². The first-order valence-electron chi connectivity index (χ1n) is 11.8. The summed E-state index contributed by atoms with van der Waals surface area (Å²) in [5, 5.41) is 80.0. The molecule has 0 aromatic rings. The second-order valence-corrected chi connectivity index (χ2v) is 9.90. The number of hydrogen-bond donors (Lipinski definition) is 8. The average Bonchev–Trinajstić information content (AvgIpc) is 2.78. The van der Waals surface area contributed by atoms with Crippen molar-refractivity contribution in [1.82, 2.24) is 0 Å². The highest BCUT2D eigenvalue weighted by atomic mass is 16.8. The number of aliphatic hydroxyl groups excluding tert-OH is 7. The lowest BCUT2D eigenvalue weighted by Crippen LogP contribution is -2.61. The third kappa shape index (κ3) is 7.19. The molecule has 2 rings (SSSR count). The van der Waals surface area contributed by atoms with Crippen molar-refractivity contribution in [2.24, 2.45) is 5.92 Å². The zero-order valence-electron chi connectivity index (χ0n) is 20.5.